The van der Waals surface area contributed by atoms with E-state index in [0.29, 0.717) is 21.8 Å². The van der Waals surface area contributed by atoms with Crippen LogP contribution in [0.4, 0.5) is 4.39 Å². The fraction of sp³-hybridized carbons (Fsp3) is 0.125. The minimum atomic E-state index is -3.57. The number of aromatic nitrogens is 3. The topological polar surface area (TPSA) is 71.0 Å². The highest BCUT2D eigenvalue weighted by Crippen LogP contribution is 2.25. The van der Waals surface area contributed by atoms with Crippen LogP contribution in [0.3, 0.4) is 0 Å². The normalized spacial score (nSPS) is 11.8. The Morgan fingerprint density at radius 1 is 1.16 bits per heavy atom. The average molecular weight is 378 g/mol. The van der Waals surface area contributed by atoms with Crippen molar-refractivity contribution in [3.05, 3.63) is 59.1 Å². The fourth-order valence-electron chi connectivity index (χ4n) is 2.33. The minimum Gasteiger partial charge on any atom is -0.268 e. The Kier molecular flexibility index (Phi) is 4.55. The lowest BCUT2D eigenvalue weighted by molar-refractivity contribution is 0.521. The molecule has 0 fully saturated rings. The first kappa shape index (κ1) is 17.5. The first-order valence-corrected chi connectivity index (χ1v) is 9.12. The van der Waals surface area contributed by atoms with Gasteiger partial charge in [-0.15, -0.1) is 0 Å². The molecule has 0 radical (unpaired) electrons. The maximum Gasteiger partial charge on any atom is 0.242 e. The van der Waals surface area contributed by atoms with Crippen molar-refractivity contribution >= 4 is 22.2 Å². The molecule has 0 aliphatic rings. The molecule has 6 nitrogen and oxygen atoms in total. The first-order chi connectivity index (χ1) is 11.8. The van der Waals surface area contributed by atoms with E-state index in [4.69, 9.17) is 12.2 Å². The van der Waals surface area contributed by atoms with Gasteiger partial charge in [0.25, 0.3) is 0 Å². The van der Waals surface area contributed by atoms with Gasteiger partial charge in [-0.05, 0) is 48.6 Å². The van der Waals surface area contributed by atoms with Crippen molar-refractivity contribution in [2.45, 2.75) is 4.90 Å². The number of halogens is 1. The van der Waals surface area contributed by atoms with Gasteiger partial charge >= 0.3 is 0 Å². The predicted octanol–water partition coefficient (Wildman–Crippen LogP) is 2.99. The molecule has 0 saturated heterocycles. The third-order valence-corrected chi connectivity index (χ3v) is 5.71. The van der Waals surface area contributed by atoms with Crippen LogP contribution in [0.5, 0.6) is 0 Å². The van der Waals surface area contributed by atoms with Gasteiger partial charge in [0, 0.05) is 19.7 Å². The summed E-state index contributed by atoms with van der Waals surface area (Å²) in [5.74, 6) is 0.0757. The summed E-state index contributed by atoms with van der Waals surface area (Å²) in [6.45, 7) is 0. The lowest BCUT2D eigenvalue weighted by Crippen LogP contribution is -2.22. The Labute approximate surface area is 149 Å². The number of nitrogens with one attached hydrogen (secondary N) is 1. The van der Waals surface area contributed by atoms with Crippen LogP contribution in [0, 0.1) is 10.6 Å². The lowest BCUT2D eigenvalue weighted by atomic mass is 10.2. The first-order valence-electron chi connectivity index (χ1n) is 7.27. The van der Waals surface area contributed by atoms with E-state index in [9.17, 15) is 12.8 Å². The molecular weight excluding hydrogens is 363 g/mol. The zero-order valence-corrected chi connectivity index (χ0v) is 15.1. The van der Waals surface area contributed by atoms with Crippen LogP contribution in [-0.4, -0.2) is 41.6 Å². The molecule has 3 aromatic rings. The van der Waals surface area contributed by atoms with Gasteiger partial charge < -0.3 is 0 Å². The molecule has 9 heteroatoms. The van der Waals surface area contributed by atoms with Gasteiger partial charge in [0.2, 0.25) is 10.0 Å². The van der Waals surface area contributed by atoms with E-state index in [1.807, 2.05) is 0 Å². The summed E-state index contributed by atoms with van der Waals surface area (Å²) in [5, 5.41) is 6.89. The van der Waals surface area contributed by atoms with E-state index in [0.717, 1.165) is 4.31 Å². The molecule has 130 valence electrons. The molecule has 1 heterocycles. The average Bonchev–Trinajstić information content (AvgIpc) is 2.97. The molecule has 0 amide bonds. The minimum absolute atomic E-state index is 0.148. The standard InChI is InChI=1S/C16H15FN4O2S2/c1-20(2)25(22,23)14-5-3-4-11(10-14)15-18-19-16(24)21(15)13-8-6-12(17)7-9-13/h3-10H,1-2H3,(H,19,24). The second kappa shape index (κ2) is 6.51. The summed E-state index contributed by atoms with van der Waals surface area (Å²) in [5.41, 5.74) is 1.19. The largest absolute Gasteiger partial charge is 0.268 e. The summed E-state index contributed by atoms with van der Waals surface area (Å²) in [4.78, 5) is 0.148. The third-order valence-electron chi connectivity index (χ3n) is 3.63. The zero-order chi connectivity index (χ0) is 18.2. The third kappa shape index (κ3) is 3.26. The van der Waals surface area contributed by atoms with Crippen LogP contribution in [0.1, 0.15) is 0 Å². The lowest BCUT2D eigenvalue weighted by Gasteiger charge is -2.12. The summed E-state index contributed by atoms with van der Waals surface area (Å²) in [7, 11) is -0.636. The molecule has 2 aromatic carbocycles. The van der Waals surface area contributed by atoms with Gasteiger partial charge in [0.15, 0.2) is 10.6 Å². The van der Waals surface area contributed by atoms with Gasteiger partial charge in [-0.1, -0.05) is 12.1 Å². The van der Waals surface area contributed by atoms with Crippen molar-refractivity contribution in [2.75, 3.05) is 14.1 Å². The summed E-state index contributed by atoms with van der Waals surface area (Å²) in [6, 6.07) is 12.2. The smallest absolute Gasteiger partial charge is 0.242 e. The molecule has 0 spiro atoms. The molecule has 1 aromatic heterocycles. The number of aromatic amines is 1. The summed E-state index contributed by atoms with van der Waals surface area (Å²) >= 11 is 5.26. The molecule has 25 heavy (non-hydrogen) atoms. The molecule has 3 rings (SSSR count). The van der Waals surface area contributed by atoms with E-state index in [1.54, 1.807) is 28.8 Å². The molecule has 0 saturated carbocycles. The van der Waals surface area contributed by atoms with E-state index >= 15 is 0 Å². The SMILES string of the molecule is CN(C)S(=O)(=O)c1cccc(-c2n[nH]c(=S)n2-c2ccc(F)cc2)c1. The Morgan fingerprint density at radius 2 is 1.84 bits per heavy atom. The number of rotatable bonds is 4. The number of benzene rings is 2. The van der Waals surface area contributed by atoms with Crippen molar-refractivity contribution < 1.29 is 12.8 Å². The van der Waals surface area contributed by atoms with Gasteiger partial charge in [0.1, 0.15) is 5.82 Å². The monoisotopic (exact) mass is 378 g/mol. The van der Waals surface area contributed by atoms with E-state index in [2.05, 4.69) is 10.2 Å². The zero-order valence-electron chi connectivity index (χ0n) is 13.5. The molecule has 0 aliphatic carbocycles. The summed E-state index contributed by atoms with van der Waals surface area (Å²) in [6.07, 6.45) is 0. The number of sulfonamides is 1. The van der Waals surface area contributed by atoms with Crippen LogP contribution in [-0.2, 0) is 10.0 Å². The summed E-state index contributed by atoms with van der Waals surface area (Å²) < 4.78 is 41.0. The number of hydrogen-bond acceptors (Lipinski definition) is 4. The fourth-order valence-corrected chi connectivity index (χ4v) is 3.51. The molecule has 0 aliphatic heterocycles. The Hall–Kier alpha value is -2.36. The second-order valence-electron chi connectivity index (χ2n) is 5.48. The molecular formula is C16H15FN4O2S2. The van der Waals surface area contributed by atoms with Gasteiger partial charge in [-0.25, -0.2) is 17.1 Å². The maximum absolute atomic E-state index is 13.2. The van der Waals surface area contributed by atoms with Crippen molar-refractivity contribution in [3.8, 4) is 17.1 Å². The Balaban J connectivity index is 2.16. The number of H-pyrrole nitrogens is 1. The van der Waals surface area contributed by atoms with Crippen LogP contribution in [0.15, 0.2) is 53.4 Å². The highest BCUT2D eigenvalue weighted by atomic mass is 32.2. The van der Waals surface area contributed by atoms with E-state index in [1.165, 1.54) is 38.4 Å². The maximum atomic E-state index is 13.2. The van der Waals surface area contributed by atoms with Crippen molar-refractivity contribution in [2.24, 2.45) is 0 Å². The van der Waals surface area contributed by atoms with Crippen LogP contribution >= 0.6 is 12.2 Å². The van der Waals surface area contributed by atoms with E-state index in [-0.39, 0.29) is 10.7 Å². The Bertz CT molecular complexity index is 1070. The van der Waals surface area contributed by atoms with Crippen molar-refractivity contribution in [3.63, 3.8) is 0 Å². The van der Waals surface area contributed by atoms with Crippen LogP contribution in [0.25, 0.3) is 17.1 Å². The quantitative estimate of drug-likeness (QED) is 0.709. The molecule has 0 atom stereocenters. The van der Waals surface area contributed by atoms with Gasteiger partial charge in [0.05, 0.1) is 10.6 Å². The van der Waals surface area contributed by atoms with E-state index < -0.39 is 10.0 Å². The highest BCUT2D eigenvalue weighted by Gasteiger charge is 2.19. The highest BCUT2D eigenvalue weighted by molar-refractivity contribution is 7.89. The van der Waals surface area contributed by atoms with Gasteiger partial charge in [-0.3, -0.25) is 9.67 Å². The van der Waals surface area contributed by atoms with Crippen LogP contribution < -0.4 is 0 Å². The predicted molar refractivity (Wildman–Crippen MR) is 95.0 cm³/mol. The molecule has 1 N–H and O–H groups in total. The van der Waals surface area contributed by atoms with Crippen LogP contribution in [0.2, 0.25) is 0 Å². The number of hydrogen-bond donors (Lipinski definition) is 1. The van der Waals surface area contributed by atoms with Gasteiger partial charge in [-0.2, -0.15) is 5.10 Å². The van der Waals surface area contributed by atoms with Crippen molar-refractivity contribution in [1.82, 2.24) is 19.1 Å². The molecule has 0 bridgehead atoms. The molecule has 0 unspecified atom stereocenters. The Morgan fingerprint density at radius 3 is 2.48 bits per heavy atom. The second-order valence-corrected chi connectivity index (χ2v) is 8.02. The number of nitrogens with zero attached hydrogens (tertiary/aromatic N) is 3. The van der Waals surface area contributed by atoms with Crippen molar-refractivity contribution in [1.29, 1.82) is 0 Å².